The normalized spacial score (nSPS) is 12.5. The van der Waals surface area contributed by atoms with Crippen molar-refractivity contribution in [3.8, 4) is 0 Å². The molecule has 0 atom stereocenters. The summed E-state index contributed by atoms with van der Waals surface area (Å²) in [5.74, 6) is 0. The molecule has 0 unspecified atom stereocenters. The number of rotatable bonds is 5. The van der Waals surface area contributed by atoms with E-state index in [4.69, 9.17) is 23.2 Å². The molecule has 102 valence electrons. The third-order valence-corrected chi connectivity index (χ3v) is 11.9. The zero-order valence-corrected chi connectivity index (χ0v) is 16.7. The molecule has 0 bridgehead atoms. The minimum absolute atomic E-state index is 0.172. The van der Waals surface area contributed by atoms with Crippen LogP contribution in [0.15, 0.2) is 68.9 Å². The predicted octanol–water partition coefficient (Wildman–Crippen LogP) is 4.78. The van der Waals surface area contributed by atoms with E-state index in [9.17, 15) is 0 Å². The van der Waals surface area contributed by atoms with E-state index in [1.54, 1.807) is 0 Å². The summed E-state index contributed by atoms with van der Waals surface area (Å²) in [7, 11) is 0. The van der Waals surface area contributed by atoms with Crippen molar-refractivity contribution in [2.24, 2.45) is 0 Å². The van der Waals surface area contributed by atoms with Gasteiger partial charge in [0.25, 0.3) is 0 Å². The third kappa shape index (κ3) is 5.46. The number of benzene rings is 2. The summed E-state index contributed by atoms with van der Waals surface area (Å²) in [6, 6.07) is 20.2. The first-order valence-electron chi connectivity index (χ1n) is 5.91. The molecule has 0 amide bonds. The van der Waals surface area contributed by atoms with Gasteiger partial charge >= 0.3 is 147 Å². The standard InChI is InChI=1S/C16H12Cl2Te2/c17-15(13-7-3-1-4-8-13)11-19-20-12-16(18)14-9-5-2-6-10-14/h1-12H/b15-11-,16-12+. The summed E-state index contributed by atoms with van der Waals surface area (Å²) in [4.78, 5) is 0. The molecule has 0 saturated carbocycles. The second-order valence-corrected chi connectivity index (χ2v) is 14.5. The molecule has 0 saturated heterocycles. The molecule has 0 aliphatic rings. The van der Waals surface area contributed by atoms with Gasteiger partial charge in [0, 0.05) is 0 Å². The number of hydrogen-bond donors (Lipinski definition) is 0. The van der Waals surface area contributed by atoms with Crippen LogP contribution < -0.4 is 0 Å². The second-order valence-electron chi connectivity index (χ2n) is 3.86. The number of hydrogen-bond acceptors (Lipinski definition) is 0. The summed E-state index contributed by atoms with van der Waals surface area (Å²) in [5, 5.41) is 1.75. The summed E-state index contributed by atoms with van der Waals surface area (Å²) >= 11 is 12.3. The Hall–Kier alpha value is 0.0792. The fraction of sp³-hybridized carbons (Fsp3) is 0. The Balaban J connectivity index is 1.90. The van der Waals surface area contributed by atoms with Crippen molar-refractivity contribution in [2.45, 2.75) is 0 Å². The van der Waals surface area contributed by atoms with Gasteiger partial charge in [0.1, 0.15) is 0 Å². The average Bonchev–Trinajstić information content (AvgIpc) is 2.53. The SMILES string of the molecule is Cl/C(=C\[Te][Te]/C=C(/Cl)c1ccccc1)c1ccccc1. The average molecular weight is 530 g/mol. The molecular formula is C16H12Cl2Te2. The Bertz CT molecular complexity index is 537. The van der Waals surface area contributed by atoms with E-state index in [0.29, 0.717) is 0 Å². The van der Waals surface area contributed by atoms with Crippen LogP contribution in [-0.4, -0.2) is 34.1 Å². The molecule has 0 aliphatic heterocycles. The summed E-state index contributed by atoms with van der Waals surface area (Å²) in [5.41, 5.74) is 2.20. The first-order chi connectivity index (χ1) is 9.77. The maximum absolute atomic E-state index is 6.30. The van der Waals surface area contributed by atoms with Crippen LogP contribution in [-0.2, 0) is 0 Å². The van der Waals surface area contributed by atoms with Crippen molar-refractivity contribution in [3.05, 3.63) is 80.0 Å². The van der Waals surface area contributed by atoms with Crippen LogP contribution in [0.5, 0.6) is 0 Å². The molecule has 2 aromatic rings. The van der Waals surface area contributed by atoms with Gasteiger partial charge in [-0.2, -0.15) is 0 Å². The van der Waals surface area contributed by atoms with Crippen LogP contribution >= 0.6 is 23.2 Å². The van der Waals surface area contributed by atoms with Gasteiger partial charge in [0.05, 0.1) is 0 Å². The number of halogens is 2. The van der Waals surface area contributed by atoms with Crippen LogP contribution in [0.4, 0.5) is 0 Å². The molecule has 0 aliphatic carbocycles. The van der Waals surface area contributed by atoms with Gasteiger partial charge < -0.3 is 0 Å². The monoisotopic (exact) mass is 534 g/mol. The van der Waals surface area contributed by atoms with Gasteiger partial charge in [-0.3, -0.25) is 0 Å². The molecule has 0 nitrogen and oxygen atoms in total. The van der Waals surface area contributed by atoms with E-state index in [2.05, 4.69) is 8.25 Å². The fourth-order valence-electron chi connectivity index (χ4n) is 1.47. The first kappa shape index (κ1) is 16.4. The summed E-state index contributed by atoms with van der Waals surface area (Å²) in [6.45, 7) is 0. The van der Waals surface area contributed by atoms with Crippen molar-refractivity contribution < 1.29 is 0 Å². The van der Waals surface area contributed by atoms with Crippen molar-refractivity contribution in [2.75, 3.05) is 0 Å². The van der Waals surface area contributed by atoms with Gasteiger partial charge in [0.2, 0.25) is 0 Å². The third-order valence-electron chi connectivity index (χ3n) is 2.46. The van der Waals surface area contributed by atoms with Crippen LogP contribution in [0.1, 0.15) is 11.1 Å². The zero-order chi connectivity index (χ0) is 14.2. The molecule has 20 heavy (non-hydrogen) atoms. The molecule has 0 fully saturated rings. The van der Waals surface area contributed by atoms with Gasteiger partial charge in [-0.05, 0) is 0 Å². The Morgan fingerprint density at radius 1 is 0.650 bits per heavy atom. The Morgan fingerprint density at radius 2 is 1.00 bits per heavy atom. The molecule has 2 aromatic carbocycles. The van der Waals surface area contributed by atoms with E-state index in [1.165, 1.54) is 0 Å². The molecule has 2 rings (SSSR count). The Labute approximate surface area is 146 Å². The van der Waals surface area contributed by atoms with Crippen LogP contribution in [0.3, 0.4) is 0 Å². The fourth-order valence-corrected chi connectivity index (χ4v) is 11.9. The first-order valence-corrected chi connectivity index (χ1v) is 16.7. The molecule has 0 radical (unpaired) electrons. The van der Waals surface area contributed by atoms with Crippen LogP contribution in [0, 0.1) is 0 Å². The maximum atomic E-state index is 6.30. The van der Waals surface area contributed by atoms with E-state index in [1.807, 2.05) is 60.7 Å². The van der Waals surface area contributed by atoms with Crippen LogP contribution in [0.25, 0.3) is 10.1 Å². The van der Waals surface area contributed by atoms with Crippen molar-refractivity contribution in [1.29, 1.82) is 0 Å². The molecule has 4 heteroatoms. The summed E-state index contributed by atoms with van der Waals surface area (Å²) < 4.78 is 4.44. The molecule has 0 heterocycles. The second kappa shape index (κ2) is 9.17. The molecule has 0 aromatic heterocycles. The quantitative estimate of drug-likeness (QED) is 0.386. The zero-order valence-electron chi connectivity index (χ0n) is 10.5. The molecule has 0 N–H and O–H groups in total. The van der Waals surface area contributed by atoms with Crippen LogP contribution in [0.2, 0.25) is 0 Å². The van der Waals surface area contributed by atoms with Gasteiger partial charge in [0.15, 0.2) is 0 Å². The summed E-state index contributed by atoms with van der Waals surface area (Å²) in [6.07, 6.45) is 0. The van der Waals surface area contributed by atoms with Gasteiger partial charge in [-0.25, -0.2) is 0 Å². The topological polar surface area (TPSA) is 0 Å². The van der Waals surface area contributed by atoms with E-state index < -0.39 is 0 Å². The van der Waals surface area contributed by atoms with Gasteiger partial charge in [-0.1, -0.05) is 0 Å². The minimum atomic E-state index is -0.172. The Kier molecular flexibility index (Phi) is 7.54. The predicted molar refractivity (Wildman–Crippen MR) is 92.1 cm³/mol. The molecule has 0 spiro atoms. The van der Waals surface area contributed by atoms with E-state index in [0.717, 1.165) is 21.2 Å². The van der Waals surface area contributed by atoms with Crippen molar-refractivity contribution >= 4 is 67.4 Å². The van der Waals surface area contributed by atoms with Gasteiger partial charge in [-0.15, -0.1) is 0 Å². The Morgan fingerprint density at radius 3 is 1.35 bits per heavy atom. The van der Waals surface area contributed by atoms with E-state index in [-0.39, 0.29) is 34.1 Å². The van der Waals surface area contributed by atoms with Crippen molar-refractivity contribution in [1.82, 2.24) is 0 Å². The molecular weight excluding hydrogens is 518 g/mol. The van der Waals surface area contributed by atoms with Crippen molar-refractivity contribution in [3.63, 3.8) is 0 Å². The van der Waals surface area contributed by atoms with E-state index >= 15 is 0 Å².